The van der Waals surface area contributed by atoms with Gasteiger partial charge >= 0.3 is 0 Å². The van der Waals surface area contributed by atoms with E-state index in [1.54, 1.807) is 0 Å². The summed E-state index contributed by atoms with van der Waals surface area (Å²) < 4.78 is 41.0. The van der Waals surface area contributed by atoms with Gasteiger partial charge in [0.1, 0.15) is 5.82 Å². The number of hydrogen-bond donors (Lipinski definition) is 2. The molecule has 1 aliphatic carbocycles. The van der Waals surface area contributed by atoms with Crippen molar-refractivity contribution in [3.63, 3.8) is 0 Å². The lowest BCUT2D eigenvalue weighted by atomic mass is 10.1. The Bertz CT molecular complexity index is 616. The fourth-order valence-electron chi connectivity index (χ4n) is 2.89. The van der Waals surface area contributed by atoms with Gasteiger partial charge in [0, 0.05) is 12.1 Å². The van der Waals surface area contributed by atoms with Crippen LogP contribution in [-0.2, 0) is 16.6 Å². The van der Waals surface area contributed by atoms with Crippen LogP contribution in [0.3, 0.4) is 0 Å². The smallest absolute Gasteiger partial charge is 0.240 e. The Morgan fingerprint density at radius 1 is 1.38 bits per heavy atom. The van der Waals surface area contributed by atoms with E-state index in [4.69, 9.17) is 5.11 Å². The summed E-state index contributed by atoms with van der Waals surface area (Å²) in [5, 5.41) is 9.09. The molecule has 1 aliphatic rings. The van der Waals surface area contributed by atoms with E-state index in [1.165, 1.54) is 13.0 Å². The molecule has 0 radical (unpaired) electrons. The van der Waals surface area contributed by atoms with Crippen molar-refractivity contribution in [2.75, 3.05) is 6.54 Å². The maximum Gasteiger partial charge on any atom is 0.240 e. The standard InChI is InChI=1S/C15H22FNO3S/c1-10-3-4-12(5-10)8-17-21(19,20)15-7-13(9-18)6-14(16)11(15)2/h6-7,10,12,17-18H,3-5,8-9H2,1-2H3. The second kappa shape index (κ2) is 6.42. The monoisotopic (exact) mass is 315 g/mol. The molecule has 1 aromatic rings. The average molecular weight is 315 g/mol. The molecule has 4 nitrogen and oxygen atoms in total. The number of benzene rings is 1. The van der Waals surface area contributed by atoms with Gasteiger partial charge in [-0.3, -0.25) is 0 Å². The fourth-order valence-corrected chi connectivity index (χ4v) is 4.31. The number of aliphatic hydroxyl groups is 1. The first-order valence-corrected chi connectivity index (χ1v) is 8.71. The molecule has 0 bridgehead atoms. The molecule has 2 atom stereocenters. The molecular weight excluding hydrogens is 293 g/mol. The Labute approximate surface area is 125 Å². The molecule has 0 spiro atoms. The first-order chi connectivity index (χ1) is 9.83. The van der Waals surface area contributed by atoms with Crippen LogP contribution in [0.2, 0.25) is 0 Å². The van der Waals surface area contributed by atoms with Crippen molar-refractivity contribution < 1.29 is 17.9 Å². The molecule has 118 valence electrons. The molecule has 21 heavy (non-hydrogen) atoms. The van der Waals surface area contributed by atoms with E-state index in [2.05, 4.69) is 11.6 Å². The largest absolute Gasteiger partial charge is 0.392 e. The topological polar surface area (TPSA) is 66.4 Å². The van der Waals surface area contributed by atoms with Gasteiger partial charge in [-0.15, -0.1) is 0 Å². The minimum atomic E-state index is -3.75. The number of aliphatic hydroxyl groups excluding tert-OH is 1. The van der Waals surface area contributed by atoms with Crippen LogP contribution in [0.4, 0.5) is 4.39 Å². The third-order valence-electron chi connectivity index (χ3n) is 4.19. The van der Waals surface area contributed by atoms with E-state index in [9.17, 15) is 12.8 Å². The van der Waals surface area contributed by atoms with Crippen LogP contribution >= 0.6 is 0 Å². The summed E-state index contributed by atoms with van der Waals surface area (Å²) in [5.41, 5.74) is 0.340. The molecule has 0 heterocycles. The van der Waals surface area contributed by atoms with Crippen molar-refractivity contribution in [3.8, 4) is 0 Å². The van der Waals surface area contributed by atoms with Gasteiger partial charge in [-0.2, -0.15) is 0 Å². The highest BCUT2D eigenvalue weighted by molar-refractivity contribution is 7.89. The lowest BCUT2D eigenvalue weighted by Crippen LogP contribution is -2.29. The normalized spacial score (nSPS) is 22.7. The molecular formula is C15H22FNO3S. The minimum Gasteiger partial charge on any atom is -0.392 e. The number of sulfonamides is 1. The van der Waals surface area contributed by atoms with Gasteiger partial charge in [0.25, 0.3) is 0 Å². The van der Waals surface area contributed by atoms with Crippen LogP contribution in [0.5, 0.6) is 0 Å². The molecule has 1 saturated carbocycles. The number of halogens is 1. The highest BCUT2D eigenvalue weighted by Crippen LogP contribution is 2.30. The van der Waals surface area contributed by atoms with Gasteiger partial charge < -0.3 is 5.11 Å². The van der Waals surface area contributed by atoms with E-state index in [0.717, 1.165) is 25.3 Å². The Morgan fingerprint density at radius 2 is 2.10 bits per heavy atom. The zero-order chi connectivity index (χ0) is 15.6. The van der Waals surface area contributed by atoms with Gasteiger partial charge in [-0.25, -0.2) is 17.5 Å². The number of nitrogens with one attached hydrogen (secondary N) is 1. The van der Waals surface area contributed by atoms with Crippen molar-refractivity contribution in [1.82, 2.24) is 4.72 Å². The van der Waals surface area contributed by atoms with Crippen LogP contribution < -0.4 is 4.72 Å². The van der Waals surface area contributed by atoms with E-state index >= 15 is 0 Å². The Hall–Kier alpha value is -0.980. The van der Waals surface area contributed by atoms with Crippen LogP contribution in [0, 0.1) is 24.6 Å². The van der Waals surface area contributed by atoms with Crippen LogP contribution in [-0.4, -0.2) is 20.1 Å². The summed E-state index contributed by atoms with van der Waals surface area (Å²) in [6.45, 7) is 3.60. The van der Waals surface area contributed by atoms with Gasteiger partial charge in [0.2, 0.25) is 10.0 Å². The molecule has 0 saturated heterocycles. The van der Waals surface area contributed by atoms with Crippen molar-refractivity contribution in [1.29, 1.82) is 0 Å². The van der Waals surface area contributed by atoms with Crippen molar-refractivity contribution in [3.05, 3.63) is 29.1 Å². The maximum atomic E-state index is 13.7. The quantitative estimate of drug-likeness (QED) is 0.876. The molecule has 0 aliphatic heterocycles. The van der Waals surface area contributed by atoms with Crippen molar-refractivity contribution in [2.24, 2.45) is 11.8 Å². The summed E-state index contributed by atoms with van der Waals surface area (Å²) in [4.78, 5) is -0.0856. The maximum absolute atomic E-state index is 13.7. The molecule has 0 aromatic heterocycles. The van der Waals surface area contributed by atoms with E-state index in [1.807, 2.05) is 0 Å². The van der Waals surface area contributed by atoms with Crippen molar-refractivity contribution >= 4 is 10.0 Å². The number of rotatable bonds is 5. The zero-order valence-corrected chi connectivity index (χ0v) is 13.2. The molecule has 2 N–H and O–H groups in total. The van der Waals surface area contributed by atoms with Gasteiger partial charge in [0.05, 0.1) is 11.5 Å². The lowest BCUT2D eigenvalue weighted by Gasteiger charge is -2.14. The Morgan fingerprint density at radius 3 is 2.67 bits per heavy atom. The van der Waals surface area contributed by atoms with Crippen LogP contribution in [0.15, 0.2) is 17.0 Å². The molecule has 6 heteroatoms. The van der Waals surface area contributed by atoms with E-state index in [0.29, 0.717) is 18.4 Å². The summed E-state index contributed by atoms with van der Waals surface area (Å²) in [5.74, 6) is 0.369. The Kier molecular flexibility index (Phi) is 5.01. The highest BCUT2D eigenvalue weighted by Gasteiger charge is 2.25. The van der Waals surface area contributed by atoms with Crippen LogP contribution in [0.25, 0.3) is 0 Å². The van der Waals surface area contributed by atoms with Crippen molar-refractivity contribution in [2.45, 2.75) is 44.6 Å². The summed E-state index contributed by atoms with van der Waals surface area (Å²) in [6, 6.07) is 2.49. The fraction of sp³-hybridized carbons (Fsp3) is 0.600. The highest BCUT2D eigenvalue weighted by atomic mass is 32.2. The van der Waals surface area contributed by atoms with Gasteiger partial charge in [-0.1, -0.05) is 13.3 Å². The second-order valence-electron chi connectivity index (χ2n) is 6.00. The minimum absolute atomic E-state index is 0.0829. The SMILES string of the molecule is Cc1c(F)cc(CO)cc1S(=O)(=O)NCC1CCC(C)C1. The molecule has 2 unspecified atom stereocenters. The molecule has 1 aromatic carbocycles. The first kappa shape index (κ1) is 16.4. The van der Waals surface area contributed by atoms with Crippen LogP contribution in [0.1, 0.15) is 37.3 Å². The van der Waals surface area contributed by atoms with Gasteiger partial charge in [-0.05, 0) is 49.3 Å². The Balaban J connectivity index is 2.17. The van der Waals surface area contributed by atoms with E-state index in [-0.39, 0.29) is 22.6 Å². The average Bonchev–Trinajstić information content (AvgIpc) is 2.85. The second-order valence-corrected chi connectivity index (χ2v) is 7.73. The third-order valence-corrected chi connectivity index (χ3v) is 5.74. The zero-order valence-electron chi connectivity index (χ0n) is 12.4. The predicted molar refractivity (Wildman–Crippen MR) is 78.8 cm³/mol. The summed E-state index contributed by atoms with van der Waals surface area (Å²) in [6.07, 6.45) is 3.17. The molecule has 1 fully saturated rings. The third kappa shape index (κ3) is 3.81. The van der Waals surface area contributed by atoms with E-state index < -0.39 is 15.8 Å². The van der Waals surface area contributed by atoms with Gasteiger partial charge in [0.15, 0.2) is 0 Å². The first-order valence-electron chi connectivity index (χ1n) is 7.23. The number of hydrogen-bond acceptors (Lipinski definition) is 3. The predicted octanol–water partition coefficient (Wildman–Crippen LogP) is 2.34. The summed E-state index contributed by atoms with van der Waals surface area (Å²) in [7, 11) is -3.75. The molecule has 0 amide bonds. The summed E-state index contributed by atoms with van der Waals surface area (Å²) >= 11 is 0. The molecule has 2 rings (SSSR count). The lowest BCUT2D eigenvalue weighted by molar-refractivity contribution is 0.281.